The Bertz CT molecular complexity index is 531. The molecule has 1 heterocycles. The first-order valence-corrected chi connectivity index (χ1v) is 6.11. The van der Waals surface area contributed by atoms with E-state index in [1.54, 1.807) is 29.2 Å². The molecule has 0 spiro atoms. The first kappa shape index (κ1) is 13.1. The third kappa shape index (κ3) is 3.10. The van der Waals surface area contributed by atoms with Crippen LogP contribution in [0.5, 0.6) is 0 Å². The van der Waals surface area contributed by atoms with Crippen molar-refractivity contribution in [2.24, 2.45) is 5.92 Å². The zero-order valence-corrected chi connectivity index (χ0v) is 10.4. The molecule has 0 aromatic heterocycles. The number of rotatable bonds is 3. The van der Waals surface area contributed by atoms with Crippen LogP contribution in [0.1, 0.15) is 28.8 Å². The smallest absolute Gasteiger partial charge is 0.303 e. The van der Waals surface area contributed by atoms with Crippen molar-refractivity contribution >= 4 is 11.9 Å². The Morgan fingerprint density at radius 3 is 2.63 bits per heavy atom. The Balaban J connectivity index is 2.01. The van der Waals surface area contributed by atoms with Gasteiger partial charge in [0.15, 0.2) is 0 Å². The highest BCUT2D eigenvalue weighted by atomic mass is 16.4. The van der Waals surface area contributed by atoms with Crippen molar-refractivity contribution in [3.05, 3.63) is 35.4 Å². The molecular weight excluding hydrogens is 244 g/mol. The minimum absolute atomic E-state index is 0.0415. The van der Waals surface area contributed by atoms with Gasteiger partial charge in [0.1, 0.15) is 0 Å². The highest BCUT2D eigenvalue weighted by Gasteiger charge is 2.28. The van der Waals surface area contributed by atoms with E-state index in [2.05, 4.69) is 0 Å². The molecule has 1 atom stereocenters. The molecule has 5 nitrogen and oxygen atoms in total. The van der Waals surface area contributed by atoms with Crippen LogP contribution in [-0.4, -0.2) is 35.0 Å². The average Bonchev–Trinajstić information content (AvgIpc) is 2.85. The number of amides is 1. The number of nitriles is 1. The zero-order chi connectivity index (χ0) is 13.8. The lowest BCUT2D eigenvalue weighted by atomic mass is 10.1. The molecule has 1 unspecified atom stereocenters. The fraction of sp³-hybridized carbons (Fsp3) is 0.357. The van der Waals surface area contributed by atoms with Crippen LogP contribution in [0, 0.1) is 17.2 Å². The monoisotopic (exact) mass is 258 g/mol. The van der Waals surface area contributed by atoms with Crippen LogP contribution < -0.4 is 0 Å². The van der Waals surface area contributed by atoms with Gasteiger partial charge in [-0.05, 0) is 36.6 Å². The van der Waals surface area contributed by atoms with Crippen molar-refractivity contribution in [1.29, 1.82) is 5.26 Å². The molecular formula is C14H14N2O3. The fourth-order valence-corrected chi connectivity index (χ4v) is 2.30. The van der Waals surface area contributed by atoms with Crippen LogP contribution in [0.4, 0.5) is 0 Å². The van der Waals surface area contributed by atoms with E-state index in [0.29, 0.717) is 24.2 Å². The maximum atomic E-state index is 12.2. The van der Waals surface area contributed by atoms with Crippen molar-refractivity contribution in [2.45, 2.75) is 12.8 Å². The summed E-state index contributed by atoms with van der Waals surface area (Å²) >= 11 is 0. The predicted octanol–water partition coefficient (Wildman–Crippen LogP) is 1.50. The van der Waals surface area contributed by atoms with E-state index in [0.717, 1.165) is 6.42 Å². The van der Waals surface area contributed by atoms with Crippen molar-refractivity contribution in [2.75, 3.05) is 13.1 Å². The van der Waals surface area contributed by atoms with Gasteiger partial charge < -0.3 is 10.0 Å². The molecule has 1 saturated heterocycles. The first-order valence-electron chi connectivity index (χ1n) is 6.11. The number of carboxylic acids is 1. The Morgan fingerprint density at radius 1 is 1.37 bits per heavy atom. The van der Waals surface area contributed by atoms with E-state index in [1.165, 1.54) is 0 Å². The summed E-state index contributed by atoms with van der Waals surface area (Å²) < 4.78 is 0. The molecule has 1 aromatic rings. The summed E-state index contributed by atoms with van der Waals surface area (Å²) in [5, 5.41) is 17.4. The summed E-state index contributed by atoms with van der Waals surface area (Å²) in [6.45, 7) is 1.09. The summed E-state index contributed by atoms with van der Waals surface area (Å²) in [6, 6.07) is 8.48. The second-order valence-corrected chi connectivity index (χ2v) is 4.69. The number of aliphatic carboxylic acids is 1. The quantitative estimate of drug-likeness (QED) is 0.890. The first-order chi connectivity index (χ1) is 9.10. The zero-order valence-electron chi connectivity index (χ0n) is 10.4. The maximum Gasteiger partial charge on any atom is 0.303 e. The second-order valence-electron chi connectivity index (χ2n) is 4.69. The van der Waals surface area contributed by atoms with Gasteiger partial charge in [-0.1, -0.05) is 0 Å². The van der Waals surface area contributed by atoms with Crippen LogP contribution in [-0.2, 0) is 4.79 Å². The third-order valence-electron chi connectivity index (χ3n) is 3.30. The average molecular weight is 258 g/mol. The number of carboxylic acid groups (broad SMARTS) is 1. The summed E-state index contributed by atoms with van der Waals surface area (Å²) in [6.07, 6.45) is 0.839. The number of likely N-dealkylation sites (tertiary alicyclic amines) is 1. The van der Waals surface area contributed by atoms with Gasteiger partial charge in [0, 0.05) is 25.1 Å². The molecule has 1 aliphatic rings. The number of hydrogen-bond donors (Lipinski definition) is 1. The van der Waals surface area contributed by atoms with Crippen LogP contribution in [0.25, 0.3) is 0 Å². The van der Waals surface area contributed by atoms with E-state index in [-0.39, 0.29) is 18.2 Å². The molecule has 1 aromatic carbocycles. The van der Waals surface area contributed by atoms with E-state index in [9.17, 15) is 9.59 Å². The molecule has 19 heavy (non-hydrogen) atoms. The van der Waals surface area contributed by atoms with Gasteiger partial charge >= 0.3 is 5.97 Å². The highest BCUT2D eigenvalue weighted by molar-refractivity contribution is 5.94. The van der Waals surface area contributed by atoms with Gasteiger partial charge in [0.25, 0.3) is 5.91 Å². The number of hydrogen-bond acceptors (Lipinski definition) is 3. The van der Waals surface area contributed by atoms with Gasteiger partial charge in [0.2, 0.25) is 0 Å². The van der Waals surface area contributed by atoms with Crippen LogP contribution in [0.3, 0.4) is 0 Å². The van der Waals surface area contributed by atoms with Gasteiger partial charge in [-0.25, -0.2) is 0 Å². The molecule has 0 aliphatic carbocycles. The van der Waals surface area contributed by atoms with Crippen LogP contribution in [0.15, 0.2) is 24.3 Å². The summed E-state index contributed by atoms with van der Waals surface area (Å²) in [5.41, 5.74) is 1.05. The molecule has 1 aliphatic heterocycles. The number of carbonyl (C=O) groups excluding carboxylic acids is 1. The Morgan fingerprint density at radius 2 is 2.05 bits per heavy atom. The van der Waals surface area contributed by atoms with Gasteiger partial charge in [-0.3, -0.25) is 9.59 Å². The molecule has 98 valence electrons. The molecule has 1 N–H and O–H groups in total. The summed E-state index contributed by atoms with van der Waals surface area (Å²) in [7, 11) is 0. The third-order valence-corrected chi connectivity index (χ3v) is 3.30. The van der Waals surface area contributed by atoms with E-state index in [4.69, 9.17) is 10.4 Å². The lowest BCUT2D eigenvalue weighted by Crippen LogP contribution is -2.28. The predicted molar refractivity (Wildman–Crippen MR) is 67.4 cm³/mol. The largest absolute Gasteiger partial charge is 0.481 e. The SMILES string of the molecule is N#Cc1ccc(C(=O)N2CCC(CC(=O)O)C2)cc1. The Hall–Kier alpha value is -2.35. The van der Waals surface area contributed by atoms with Crippen molar-refractivity contribution in [3.8, 4) is 6.07 Å². The molecule has 5 heteroatoms. The molecule has 1 fully saturated rings. The topological polar surface area (TPSA) is 81.4 Å². The minimum Gasteiger partial charge on any atom is -0.481 e. The van der Waals surface area contributed by atoms with Gasteiger partial charge in [-0.15, -0.1) is 0 Å². The molecule has 0 radical (unpaired) electrons. The van der Waals surface area contributed by atoms with Crippen LogP contribution >= 0.6 is 0 Å². The van der Waals surface area contributed by atoms with Crippen molar-refractivity contribution < 1.29 is 14.7 Å². The van der Waals surface area contributed by atoms with E-state index in [1.807, 2.05) is 6.07 Å². The number of nitrogens with zero attached hydrogens (tertiary/aromatic N) is 2. The minimum atomic E-state index is -0.822. The van der Waals surface area contributed by atoms with Crippen molar-refractivity contribution in [3.63, 3.8) is 0 Å². The van der Waals surface area contributed by atoms with Gasteiger partial charge in [0.05, 0.1) is 11.6 Å². The normalized spacial score (nSPS) is 18.1. The number of carbonyl (C=O) groups is 2. The van der Waals surface area contributed by atoms with Gasteiger partial charge in [-0.2, -0.15) is 5.26 Å². The standard InChI is InChI=1S/C14H14N2O3/c15-8-10-1-3-12(4-2-10)14(19)16-6-5-11(9-16)7-13(17)18/h1-4,11H,5-7,9H2,(H,17,18). The summed E-state index contributed by atoms with van der Waals surface area (Å²) in [5.74, 6) is -0.880. The molecule has 0 bridgehead atoms. The van der Waals surface area contributed by atoms with Crippen molar-refractivity contribution in [1.82, 2.24) is 4.90 Å². The Kier molecular flexibility index (Phi) is 3.81. The number of benzene rings is 1. The lowest BCUT2D eigenvalue weighted by molar-refractivity contribution is -0.138. The van der Waals surface area contributed by atoms with Crippen LogP contribution in [0.2, 0.25) is 0 Å². The highest BCUT2D eigenvalue weighted by Crippen LogP contribution is 2.21. The molecule has 1 amide bonds. The molecule has 0 saturated carbocycles. The fourth-order valence-electron chi connectivity index (χ4n) is 2.30. The lowest BCUT2D eigenvalue weighted by Gasteiger charge is -2.16. The maximum absolute atomic E-state index is 12.2. The van der Waals surface area contributed by atoms with E-state index >= 15 is 0 Å². The second kappa shape index (κ2) is 5.53. The molecule has 2 rings (SSSR count). The Labute approximate surface area is 111 Å². The van der Waals surface area contributed by atoms with E-state index < -0.39 is 5.97 Å². The summed E-state index contributed by atoms with van der Waals surface area (Å²) in [4.78, 5) is 24.5.